The normalized spacial score (nSPS) is 14.8. The van der Waals surface area contributed by atoms with Crippen molar-refractivity contribution in [2.45, 2.75) is 26.4 Å². The Balaban J connectivity index is 1.72. The van der Waals surface area contributed by atoms with Crippen molar-refractivity contribution >= 4 is 5.91 Å². The van der Waals surface area contributed by atoms with Crippen molar-refractivity contribution in [1.29, 1.82) is 0 Å². The number of furan rings is 1. The summed E-state index contributed by atoms with van der Waals surface area (Å²) in [6, 6.07) is 10.4. The fourth-order valence-electron chi connectivity index (χ4n) is 2.83. The van der Waals surface area contributed by atoms with Gasteiger partial charge in [0, 0.05) is 18.7 Å². The van der Waals surface area contributed by atoms with Gasteiger partial charge in [-0.2, -0.15) is 0 Å². The van der Waals surface area contributed by atoms with Gasteiger partial charge in [0.1, 0.15) is 5.76 Å². The number of carbonyl (C=O) groups is 1. The van der Waals surface area contributed by atoms with E-state index in [1.54, 1.807) is 0 Å². The predicted octanol–water partition coefficient (Wildman–Crippen LogP) is 1.75. The molecule has 3 N–H and O–H groups in total. The van der Waals surface area contributed by atoms with Gasteiger partial charge in [-0.15, -0.1) is 0 Å². The van der Waals surface area contributed by atoms with Crippen LogP contribution in [-0.4, -0.2) is 17.4 Å². The van der Waals surface area contributed by atoms with Crippen molar-refractivity contribution in [3.63, 3.8) is 0 Å². The summed E-state index contributed by atoms with van der Waals surface area (Å²) in [5.41, 5.74) is 5.71. The van der Waals surface area contributed by atoms with E-state index >= 15 is 0 Å². The first kappa shape index (κ1) is 13.9. The highest BCUT2D eigenvalue weighted by atomic mass is 16.4. The molecule has 0 unspecified atom stereocenters. The second-order valence-corrected chi connectivity index (χ2v) is 5.43. The first-order chi connectivity index (χ1) is 10.2. The maximum absolute atomic E-state index is 11.6. The van der Waals surface area contributed by atoms with E-state index in [1.807, 2.05) is 13.0 Å². The van der Waals surface area contributed by atoms with Crippen LogP contribution >= 0.6 is 0 Å². The monoisotopic (exact) mass is 285 g/mol. The number of amides is 1. The van der Waals surface area contributed by atoms with Crippen LogP contribution in [-0.2, 0) is 19.5 Å². The summed E-state index contributed by atoms with van der Waals surface area (Å²) in [4.78, 5) is 13.9. The average molecular weight is 285 g/mol. The van der Waals surface area contributed by atoms with Gasteiger partial charge in [0.2, 0.25) is 0 Å². The van der Waals surface area contributed by atoms with Crippen molar-refractivity contribution in [1.82, 2.24) is 10.3 Å². The third-order valence-corrected chi connectivity index (χ3v) is 3.90. The molecule has 5 nitrogen and oxygen atoms in total. The Labute approximate surface area is 123 Å². The Morgan fingerprint density at radius 3 is 2.90 bits per heavy atom. The van der Waals surface area contributed by atoms with E-state index in [0.717, 1.165) is 30.8 Å². The van der Waals surface area contributed by atoms with Crippen molar-refractivity contribution < 1.29 is 9.21 Å². The van der Waals surface area contributed by atoms with Crippen LogP contribution in [0.3, 0.4) is 0 Å². The zero-order valence-corrected chi connectivity index (χ0v) is 12.1. The number of fused-ring (bicyclic) bond motifs is 1. The molecular formula is C16H19N3O2. The Kier molecular flexibility index (Phi) is 3.77. The second kappa shape index (κ2) is 5.71. The number of benzene rings is 1. The summed E-state index contributed by atoms with van der Waals surface area (Å²) < 4.78 is 5.62. The molecule has 1 aromatic heterocycles. The van der Waals surface area contributed by atoms with Crippen LogP contribution in [0.25, 0.3) is 0 Å². The molecule has 110 valence electrons. The highest BCUT2D eigenvalue weighted by molar-refractivity contribution is 5.92. The van der Waals surface area contributed by atoms with E-state index in [4.69, 9.17) is 10.3 Å². The van der Waals surface area contributed by atoms with Crippen LogP contribution in [0.4, 0.5) is 0 Å². The van der Waals surface area contributed by atoms with Crippen molar-refractivity contribution in [2.24, 2.45) is 5.84 Å². The topological polar surface area (TPSA) is 71.5 Å². The SMILES string of the molecule is Cc1cc(CN2CCc3ccccc3C2)oc1C(=O)NN. The fraction of sp³-hybridized carbons (Fsp3) is 0.312. The lowest BCUT2D eigenvalue weighted by molar-refractivity contribution is 0.0920. The lowest BCUT2D eigenvalue weighted by atomic mass is 10.00. The summed E-state index contributed by atoms with van der Waals surface area (Å²) in [5, 5.41) is 0. The van der Waals surface area contributed by atoms with E-state index in [0.29, 0.717) is 12.3 Å². The molecule has 0 bridgehead atoms. The van der Waals surface area contributed by atoms with Crippen molar-refractivity contribution in [3.05, 3.63) is 58.5 Å². The molecule has 0 saturated carbocycles. The third-order valence-electron chi connectivity index (χ3n) is 3.90. The van der Waals surface area contributed by atoms with Gasteiger partial charge in [-0.3, -0.25) is 15.1 Å². The van der Waals surface area contributed by atoms with E-state index in [-0.39, 0.29) is 5.91 Å². The van der Waals surface area contributed by atoms with E-state index in [9.17, 15) is 4.79 Å². The molecule has 2 heterocycles. The number of aryl methyl sites for hydroxylation is 1. The number of hydrogen-bond acceptors (Lipinski definition) is 4. The second-order valence-electron chi connectivity index (χ2n) is 5.43. The molecule has 0 spiro atoms. The summed E-state index contributed by atoms with van der Waals surface area (Å²) in [6.45, 7) is 4.46. The van der Waals surface area contributed by atoms with Gasteiger partial charge in [-0.1, -0.05) is 24.3 Å². The number of hydrazine groups is 1. The Hall–Kier alpha value is -2.11. The van der Waals surface area contributed by atoms with Gasteiger partial charge in [-0.25, -0.2) is 5.84 Å². The van der Waals surface area contributed by atoms with Gasteiger partial charge in [-0.05, 0) is 30.5 Å². The Morgan fingerprint density at radius 2 is 2.14 bits per heavy atom. The molecule has 0 radical (unpaired) electrons. The summed E-state index contributed by atoms with van der Waals surface area (Å²) in [7, 11) is 0. The molecule has 0 fully saturated rings. The molecule has 0 atom stereocenters. The molecule has 0 saturated heterocycles. The summed E-state index contributed by atoms with van der Waals surface area (Å²) in [6.07, 6.45) is 1.05. The first-order valence-electron chi connectivity index (χ1n) is 7.07. The molecule has 0 aliphatic carbocycles. The molecular weight excluding hydrogens is 266 g/mol. The van der Waals surface area contributed by atoms with Crippen LogP contribution in [0.15, 0.2) is 34.7 Å². The van der Waals surface area contributed by atoms with Gasteiger partial charge >= 0.3 is 5.91 Å². The largest absolute Gasteiger partial charge is 0.454 e. The highest BCUT2D eigenvalue weighted by Crippen LogP contribution is 2.22. The smallest absolute Gasteiger partial charge is 0.301 e. The first-order valence-corrected chi connectivity index (χ1v) is 7.07. The molecule has 1 aromatic carbocycles. The van der Waals surface area contributed by atoms with E-state index in [2.05, 4.69) is 34.6 Å². The fourth-order valence-corrected chi connectivity index (χ4v) is 2.83. The van der Waals surface area contributed by atoms with Crippen LogP contribution < -0.4 is 11.3 Å². The van der Waals surface area contributed by atoms with Crippen molar-refractivity contribution in [2.75, 3.05) is 6.54 Å². The number of nitrogens with one attached hydrogen (secondary N) is 1. The molecule has 1 aliphatic rings. The maximum Gasteiger partial charge on any atom is 0.301 e. The molecule has 2 aromatic rings. The molecule has 1 aliphatic heterocycles. The average Bonchev–Trinajstić information content (AvgIpc) is 2.87. The van der Waals surface area contributed by atoms with Crippen LogP contribution in [0.5, 0.6) is 0 Å². The number of carbonyl (C=O) groups excluding carboxylic acids is 1. The van der Waals surface area contributed by atoms with Crippen LogP contribution in [0.1, 0.15) is 33.0 Å². The van der Waals surface area contributed by atoms with Crippen LogP contribution in [0, 0.1) is 6.92 Å². The zero-order chi connectivity index (χ0) is 14.8. The van der Waals surface area contributed by atoms with Gasteiger partial charge in [0.15, 0.2) is 5.76 Å². The van der Waals surface area contributed by atoms with Crippen LogP contribution in [0.2, 0.25) is 0 Å². The van der Waals surface area contributed by atoms with Gasteiger partial charge < -0.3 is 4.42 Å². The number of nitrogen functional groups attached to an aromatic ring is 1. The number of hydrogen-bond donors (Lipinski definition) is 2. The van der Waals surface area contributed by atoms with E-state index in [1.165, 1.54) is 11.1 Å². The van der Waals surface area contributed by atoms with Gasteiger partial charge in [0.05, 0.1) is 6.54 Å². The molecule has 1 amide bonds. The lowest BCUT2D eigenvalue weighted by Gasteiger charge is -2.27. The standard InChI is InChI=1S/C16H19N3O2/c1-11-8-14(21-15(11)16(20)18-17)10-19-7-6-12-4-2-3-5-13(12)9-19/h2-5,8H,6-7,9-10,17H2,1H3,(H,18,20). The van der Waals surface area contributed by atoms with Gasteiger partial charge in [0.25, 0.3) is 0 Å². The minimum absolute atomic E-state index is 0.296. The zero-order valence-electron chi connectivity index (χ0n) is 12.1. The molecule has 21 heavy (non-hydrogen) atoms. The lowest BCUT2D eigenvalue weighted by Crippen LogP contribution is -2.30. The molecule has 3 rings (SSSR count). The summed E-state index contributed by atoms with van der Waals surface area (Å²) >= 11 is 0. The Morgan fingerprint density at radius 1 is 1.38 bits per heavy atom. The highest BCUT2D eigenvalue weighted by Gasteiger charge is 2.19. The molecule has 5 heteroatoms. The van der Waals surface area contributed by atoms with Crippen molar-refractivity contribution in [3.8, 4) is 0 Å². The maximum atomic E-state index is 11.6. The number of rotatable bonds is 3. The summed E-state index contributed by atoms with van der Waals surface area (Å²) in [5.74, 6) is 5.86. The Bertz CT molecular complexity index is 663. The number of nitrogens with zero attached hydrogens (tertiary/aromatic N) is 1. The van der Waals surface area contributed by atoms with E-state index < -0.39 is 0 Å². The minimum Gasteiger partial charge on any atom is -0.454 e. The predicted molar refractivity (Wildman–Crippen MR) is 79.4 cm³/mol. The third kappa shape index (κ3) is 2.84. The number of nitrogens with two attached hydrogens (primary N) is 1. The quantitative estimate of drug-likeness (QED) is 0.512. The minimum atomic E-state index is -0.386.